The number of rotatable bonds is 5. The summed E-state index contributed by atoms with van der Waals surface area (Å²) < 4.78 is 10.6. The minimum atomic E-state index is 0.0348. The molecule has 0 bridgehead atoms. The number of nitrogens with zero attached hydrogens (tertiary/aromatic N) is 4. The van der Waals surface area contributed by atoms with E-state index in [0.717, 1.165) is 57.6 Å². The monoisotopic (exact) mass is 351 g/mol. The third kappa shape index (κ3) is 5.15. The summed E-state index contributed by atoms with van der Waals surface area (Å²) >= 11 is 0. The summed E-state index contributed by atoms with van der Waals surface area (Å²) in [6.07, 6.45) is 5.37. The van der Waals surface area contributed by atoms with Crippen molar-refractivity contribution >= 4 is 6.03 Å². The smallest absolute Gasteiger partial charge is 0.317 e. The van der Waals surface area contributed by atoms with E-state index in [-0.39, 0.29) is 12.1 Å². The third-order valence-corrected chi connectivity index (χ3v) is 5.07. The van der Waals surface area contributed by atoms with Gasteiger partial charge in [0.15, 0.2) is 5.82 Å². The van der Waals surface area contributed by atoms with Gasteiger partial charge in [0.25, 0.3) is 0 Å². The number of aryl methyl sites for hydroxylation is 1. The first-order valence-corrected chi connectivity index (χ1v) is 9.25. The van der Waals surface area contributed by atoms with Crippen molar-refractivity contribution < 1.29 is 14.1 Å². The van der Waals surface area contributed by atoms with Crippen LogP contribution in [0.25, 0.3) is 0 Å². The molecule has 140 valence electrons. The Hall–Kier alpha value is -1.67. The molecule has 0 radical (unpaired) electrons. The highest BCUT2D eigenvalue weighted by molar-refractivity contribution is 5.74. The molecule has 0 saturated carbocycles. The predicted octanol–water partition coefficient (Wildman–Crippen LogP) is 1.55. The Balaban J connectivity index is 1.43. The van der Waals surface area contributed by atoms with Gasteiger partial charge in [0.05, 0.1) is 12.6 Å². The molecule has 3 rings (SSSR count). The van der Waals surface area contributed by atoms with Gasteiger partial charge in [0.2, 0.25) is 5.89 Å². The van der Waals surface area contributed by atoms with E-state index >= 15 is 0 Å². The zero-order valence-corrected chi connectivity index (χ0v) is 15.2. The average molecular weight is 351 g/mol. The number of nitrogens with one attached hydrogen (secondary N) is 1. The molecule has 1 aromatic heterocycles. The van der Waals surface area contributed by atoms with Crippen LogP contribution in [0.5, 0.6) is 0 Å². The molecule has 2 fully saturated rings. The first-order valence-electron chi connectivity index (χ1n) is 9.25. The zero-order valence-electron chi connectivity index (χ0n) is 15.2. The number of urea groups is 1. The Bertz CT molecular complexity index is 558. The molecule has 0 aromatic carbocycles. The predicted molar refractivity (Wildman–Crippen MR) is 92.1 cm³/mol. The Morgan fingerprint density at radius 2 is 2.20 bits per heavy atom. The number of aromatic nitrogens is 2. The number of likely N-dealkylation sites (tertiary alicyclic amines) is 1. The molecule has 8 heteroatoms. The normalized spacial score (nSPS) is 24.5. The van der Waals surface area contributed by atoms with E-state index in [9.17, 15) is 4.79 Å². The van der Waals surface area contributed by atoms with Crippen molar-refractivity contribution in [1.82, 2.24) is 25.3 Å². The van der Waals surface area contributed by atoms with Crippen LogP contribution in [-0.4, -0.2) is 71.4 Å². The number of carbonyl (C=O) groups excluding carboxylic acids is 1. The van der Waals surface area contributed by atoms with Crippen LogP contribution in [0.4, 0.5) is 4.79 Å². The molecule has 1 N–H and O–H groups in total. The van der Waals surface area contributed by atoms with Crippen LogP contribution in [0.3, 0.4) is 0 Å². The van der Waals surface area contributed by atoms with Crippen molar-refractivity contribution in [2.45, 2.75) is 57.7 Å². The minimum Gasteiger partial charge on any atom is -0.376 e. The van der Waals surface area contributed by atoms with Gasteiger partial charge in [-0.1, -0.05) is 5.16 Å². The molecular weight excluding hydrogens is 322 g/mol. The molecule has 2 atom stereocenters. The summed E-state index contributed by atoms with van der Waals surface area (Å²) in [4.78, 5) is 20.9. The maximum Gasteiger partial charge on any atom is 0.317 e. The molecule has 8 nitrogen and oxygen atoms in total. The van der Waals surface area contributed by atoms with E-state index in [2.05, 4.69) is 27.4 Å². The number of amides is 2. The van der Waals surface area contributed by atoms with E-state index < -0.39 is 0 Å². The Kier molecular flexibility index (Phi) is 6.25. The van der Waals surface area contributed by atoms with Gasteiger partial charge in [0.1, 0.15) is 0 Å². The van der Waals surface area contributed by atoms with Gasteiger partial charge in [-0.25, -0.2) is 4.79 Å². The Morgan fingerprint density at radius 3 is 2.92 bits per heavy atom. The van der Waals surface area contributed by atoms with Crippen molar-refractivity contribution in [1.29, 1.82) is 0 Å². The first-order chi connectivity index (χ1) is 12.1. The van der Waals surface area contributed by atoms with Crippen molar-refractivity contribution in [3.8, 4) is 0 Å². The lowest BCUT2D eigenvalue weighted by Gasteiger charge is -2.26. The topological polar surface area (TPSA) is 83.7 Å². The molecule has 2 amide bonds. The van der Waals surface area contributed by atoms with Crippen molar-refractivity contribution in [2.75, 3.05) is 33.3 Å². The quantitative estimate of drug-likeness (QED) is 0.867. The van der Waals surface area contributed by atoms with Gasteiger partial charge >= 0.3 is 6.03 Å². The molecule has 0 aliphatic carbocycles. The first kappa shape index (κ1) is 18.1. The Morgan fingerprint density at radius 1 is 1.32 bits per heavy atom. The highest BCUT2D eigenvalue weighted by atomic mass is 16.5. The van der Waals surface area contributed by atoms with Crippen LogP contribution in [0.1, 0.15) is 43.8 Å². The lowest BCUT2D eigenvalue weighted by atomic mass is 10.1. The second kappa shape index (κ2) is 8.62. The fourth-order valence-corrected chi connectivity index (χ4v) is 3.60. The highest BCUT2D eigenvalue weighted by Crippen LogP contribution is 2.18. The summed E-state index contributed by atoms with van der Waals surface area (Å²) in [5.74, 6) is 1.31. The summed E-state index contributed by atoms with van der Waals surface area (Å²) in [5.41, 5.74) is 0. The number of hydrogen-bond donors (Lipinski definition) is 1. The fourth-order valence-electron chi connectivity index (χ4n) is 3.60. The maximum absolute atomic E-state index is 12.4. The van der Waals surface area contributed by atoms with Crippen LogP contribution in [0, 0.1) is 6.92 Å². The largest absolute Gasteiger partial charge is 0.376 e. The van der Waals surface area contributed by atoms with Crippen LogP contribution in [0.15, 0.2) is 4.52 Å². The van der Waals surface area contributed by atoms with Crippen LogP contribution in [0.2, 0.25) is 0 Å². The SMILES string of the molecule is Cc1nc(CN(C)C2CCCN(C(=O)NCC3CCCO3)CC2)no1. The van der Waals surface area contributed by atoms with E-state index in [4.69, 9.17) is 9.26 Å². The number of ether oxygens (including phenoxy) is 1. The highest BCUT2D eigenvalue weighted by Gasteiger charge is 2.24. The van der Waals surface area contributed by atoms with E-state index in [1.54, 1.807) is 6.92 Å². The standard InChI is InChI=1S/C17H29N5O3/c1-13-19-16(20-25-13)12-21(2)14-5-3-8-22(9-7-14)17(23)18-11-15-6-4-10-24-15/h14-15H,3-12H2,1-2H3,(H,18,23). The van der Waals surface area contributed by atoms with E-state index in [0.29, 0.717) is 25.0 Å². The summed E-state index contributed by atoms with van der Waals surface area (Å²) in [5, 5.41) is 6.99. The number of carbonyl (C=O) groups is 1. The molecule has 2 aliphatic rings. The van der Waals surface area contributed by atoms with Crippen LogP contribution < -0.4 is 5.32 Å². The van der Waals surface area contributed by atoms with Crippen molar-refractivity contribution in [3.05, 3.63) is 11.7 Å². The second-order valence-corrected chi connectivity index (χ2v) is 7.04. The zero-order chi connectivity index (χ0) is 17.6. The lowest BCUT2D eigenvalue weighted by molar-refractivity contribution is 0.109. The van der Waals surface area contributed by atoms with E-state index in [1.165, 1.54) is 0 Å². The molecule has 2 aliphatic heterocycles. The van der Waals surface area contributed by atoms with Gasteiger partial charge in [0, 0.05) is 39.2 Å². The molecule has 25 heavy (non-hydrogen) atoms. The molecular formula is C17H29N5O3. The maximum atomic E-state index is 12.4. The van der Waals surface area contributed by atoms with Gasteiger partial charge in [-0.3, -0.25) is 4.90 Å². The van der Waals surface area contributed by atoms with Gasteiger partial charge in [-0.05, 0) is 39.2 Å². The van der Waals surface area contributed by atoms with Crippen molar-refractivity contribution in [3.63, 3.8) is 0 Å². The van der Waals surface area contributed by atoms with Gasteiger partial charge < -0.3 is 19.5 Å². The molecule has 2 saturated heterocycles. The second-order valence-electron chi connectivity index (χ2n) is 7.04. The lowest BCUT2D eigenvalue weighted by Crippen LogP contribution is -2.43. The van der Waals surface area contributed by atoms with Crippen LogP contribution >= 0.6 is 0 Å². The molecule has 2 unspecified atom stereocenters. The minimum absolute atomic E-state index is 0.0348. The van der Waals surface area contributed by atoms with Gasteiger partial charge in [-0.2, -0.15) is 4.98 Å². The van der Waals surface area contributed by atoms with Crippen molar-refractivity contribution in [2.24, 2.45) is 0 Å². The third-order valence-electron chi connectivity index (χ3n) is 5.07. The van der Waals surface area contributed by atoms with Crippen LogP contribution in [-0.2, 0) is 11.3 Å². The summed E-state index contributed by atoms with van der Waals surface area (Å²) in [7, 11) is 2.09. The van der Waals surface area contributed by atoms with Gasteiger partial charge in [-0.15, -0.1) is 0 Å². The fraction of sp³-hybridized carbons (Fsp3) is 0.824. The molecule has 3 heterocycles. The summed E-state index contributed by atoms with van der Waals surface area (Å²) in [6.45, 7) is 5.50. The number of hydrogen-bond acceptors (Lipinski definition) is 6. The molecule has 1 aromatic rings. The molecule has 0 spiro atoms. The average Bonchev–Trinajstić information content (AvgIpc) is 3.18. The summed E-state index contributed by atoms with van der Waals surface area (Å²) in [6, 6.07) is 0.461. The Labute approximate surface area is 148 Å². The van der Waals surface area contributed by atoms with E-state index in [1.807, 2.05) is 4.90 Å².